The van der Waals surface area contributed by atoms with Gasteiger partial charge in [-0.25, -0.2) is 0 Å². The molecule has 1 aromatic carbocycles. The quantitative estimate of drug-likeness (QED) is 0.868. The van der Waals surface area contributed by atoms with Crippen LogP contribution in [0.3, 0.4) is 0 Å². The van der Waals surface area contributed by atoms with Crippen LogP contribution in [-0.4, -0.2) is 25.0 Å². The number of nitrogens with one attached hydrogen (secondary N) is 1. The molecule has 1 aliphatic heterocycles. The minimum Gasteiger partial charge on any atom is -0.454 e. The normalized spacial score (nSPS) is 20.1. The van der Waals surface area contributed by atoms with Crippen LogP contribution in [0.4, 0.5) is 0 Å². The van der Waals surface area contributed by atoms with Crippen LogP contribution in [0.1, 0.15) is 43.8 Å². The summed E-state index contributed by atoms with van der Waals surface area (Å²) in [4.78, 5) is 0. The summed E-state index contributed by atoms with van der Waals surface area (Å²) >= 11 is 0. The van der Waals surface area contributed by atoms with Gasteiger partial charge in [0.2, 0.25) is 6.79 Å². The van der Waals surface area contributed by atoms with Crippen LogP contribution >= 0.6 is 0 Å². The first-order valence-electron chi connectivity index (χ1n) is 7.61. The molecule has 0 spiro atoms. The lowest BCUT2D eigenvalue weighted by Gasteiger charge is -2.22. The average molecular weight is 277 g/mol. The Kier molecular flexibility index (Phi) is 4.43. The molecule has 0 saturated heterocycles. The molecule has 1 unspecified atom stereocenters. The zero-order chi connectivity index (χ0) is 13.8. The van der Waals surface area contributed by atoms with Crippen molar-refractivity contribution >= 4 is 0 Å². The third-order valence-electron chi connectivity index (χ3n) is 4.28. The summed E-state index contributed by atoms with van der Waals surface area (Å²) in [5, 5.41) is 13.6. The standard InChI is InChI=1S/C16H23NO3/c18-14(10-17-9-12-4-2-1-3-5-12)13-6-7-15-16(8-13)20-11-19-15/h6-8,12,14,17-18H,1-5,9-11H2. The summed E-state index contributed by atoms with van der Waals surface area (Å²) in [5.74, 6) is 2.28. The number of rotatable bonds is 5. The molecule has 2 aliphatic rings. The maximum Gasteiger partial charge on any atom is 0.231 e. The molecule has 2 N–H and O–H groups in total. The Morgan fingerprint density at radius 2 is 1.95 bits per heavy atom. The summed E-state index contributed by atoms with van der Waals surface area (Å²) in [6, 6.07) is 5.64. The third kappa shape index (κ3) is 3.25. The number of fused-ring (bicyclic) bond motifs is 1. The highest BCUT2D eigenvalue weighted by molar-refractivity contribution is 5.45. The third-order valence-corrected chi connectivity index (χ3v) is 4.28. The zero-order valence-corrected chi connectivity index (χ0v) is 11.8. The molecule has 1 aliphatic carbocycles. The topological polar surface area (TPSA) is 50.7 Å². The van der Waals surface area contributed by atoms with E-state index in [2.05, 4.69) is 5.32 Å². The molecule has 1 fully saturated rings. The fourth-order valence-electron chi connectivity index (χ4n) is 3.05. The van der Waals surface area contributed by atoms with E-state index >= 15 is 0 Å². The fraction of sp³-hybridized carbons (Fsp3) is 0.625. The van der Waals surface area contributed by atoms with Crippen LogP contribution in [0.2, 0.25) is 0 Å². The number of benzene rings is 1. The van der Waals surface area contributed by atoms with E-state index in [0.29, 0.717) is 6.54 Å². The van der Waals surface area contributed by atoms with Crippen molar-refractivity contribution in [3.8, 4) is 11.5 Å². The SMILES string of the molecule is OC(CNCC1CCCCC1)c1ccc2c(c1)OCO2. The number of hydrogen-bond donors (Lipinski definition) is 2. The predicted molar refractivity (Wildman–Crippen MR) is 77.0 cm³/mol. The second-order valence-electron chi connectivity index (χ2n) is 5.79. The van der Waals surface area contributed by atoms with E-state index in [1.807, 2.05) is 18.2 Å². The highest BCUT2D eigenvalue weighted by Crippen LogP contribution is 2.34. The van der Waals surface area contributed by atoms with E-state index in [1.165, 1.54) is 32.1 Å². The van der Waals surface area contributed by atoms with Crippen LogP contribution in [0.5, 0.6) is 11.5 Å². The van der Waals surface area contributed by atoms with Crippen LogP contribution in [-0.2, 0) is 0 Å². The first-order chi connectivity index (χ1) is 9.83. The van der Waals surface area contributed by atoms with E-state index in [-0.39, 0.29) is 6.79 Å². The molecule has 0 amide bonds. The molecule has 0 aromatic heterocycles. The van der Waals surface area contributed by atoms with Crippen molar-refractivity contribution < 1.29 is 14.6 Å². The van der Waals surface area contributed by atoms with Crippen LogP contribution < -0.4 is 14.8 Å². The largest absolute Gasteiger partial charge is 0.454 e. The van der Waals surface area contributed by atoms with Crippen molar-refractivity contribution in [2.45, 2.75) is 38.2 Å². The first kappa shape index (κ1) is 13.7. The summed E-state index contributed by atoms with van der Waals surface area (Å²) in [5.41, 5.74) is 0.880. The Bertz CT molecular complexity index is 443. The van der Waals surface area contributed by atoms with Gasteiger partial charge in [-0.05, 0) is 43.0 Å². The maximum atomic E-state index is 10.2. The van der Waals surface area contributed by atoms with Gasteiger partial charge in [0.15, 0.2) is 11.5 Å². The van der Waals surface area contributed by atoms with Gasteiger partial charge in [0, 0.05) is 6.54 Å². The van der Waals surface area contributed by atoms with E-state index in [4.69, 9.17) is 9.47 Å². The second-order valence-corrected chi connectivity index (χ2v) is 5.79. The average Bonchev–Trinajstić information content (AvgIpc) is 2.95. The van der Waals surface area contributed by atoms with Gasteiger partial charge in [-0.3, -0.25) is 0 Å². The molecule has 110 valence electrons. The molecule has 1 aromatic rings. The molecule has 0 bridgehead atoms. The molecule has 1 atom stereocenters. The second kappa shape index (κ2) is 6.46. The molecule has 4 nitrogen and oxygen atoms in total. The summed E-state index contributed by atoms with van der Waals surface area (Å²) in [7, 11) is 0. The van der Waals surface area contributed by atoms with Crippen LogP contribution in [0.15, 0.2) is 18.2 Å². The lowest BCUT2D eigenvalue weighted by atomic mass is 9.89. The van der Waals surface area contributed by atoms with Crippen LogP contribution in [0.25, 0.3) is 0 Å². The Labute approximate surface area is 120 Å². The number of aliphatic hydroxyl groups is 1. The molecule has 3 rings (SSSR count). The van der Waals surface area contributed by atoms with Crippen molar-refractivity contribution in [2.75, 3.05) is 19.9 Å². The van der Waals surface area contributed by atoms with Gasteiger partial charge in [0.1, 0.15) is 0 Å². The minimum atomic E-state index is -0.493. The number of ether oxygens (including phenoxy) is 2. The molecular weight excluding hydrogens is 254 g/mol. The van der Waals surface area contributed by atoms with Gasteiger partial charge in [0.05, 0.1) is 6.10 Å². The summed E-state index contributed by atoms with van der Waals surface area (Å²) in [6.07, 6.45) is 6.26. The number of aliphatic hydroxyl groups excluding tert-OH is 1. The van der Waals surface area contributed by atoms with Gasteiger partial charge in [-0.15, -0.1) is 0 Å². The van der Waals surface area contributed by atoms with Crippen molar-refractivity contribution in [1.82, 2.24) is 5.32 Å². The minimum absolute atomic E-state index is 0.273. The van der Waals surface area contributed by atoms with Gasteiger partial charge in [0.25, 0.3) is 0 Å². The van der Waals surface area contributed by atoms with Gasteiger partial charge < -0.3 is 19.9 Å². The van der Waals surface area contributed by atoms with Crippen molar-refractivity contribution in [3.63, 3.8) is 0 Å². The Morgan fingerprint density at radius 1 is 1.15 bits per heavy atom. The highest BCUT2D eigenvalue weighted by Gasteiger charge is 2.17. The Hall–Kier alpha value is -1.26. The van der Waals surface area contributed by atoms with Crippen molar-refractivity contribution in [2.24, 2.45) is 5.92 Å². The van der Waals surface area contributed by atoms with Gasteiger partial charge >= 0.3 is 0 Å². The van der Waals surface area contributed by atoms with Crippen LogP contribution in [0, 0.1) is 5.92 Å². The van der Waals surface area contributed by atoms with Crippen molar-refractivity contribution in [1.29, 1.82) is 0 Å². The lowest BCUT2D eigenvalue weighted by molar-refractivity contribution is 0.168. The maximum absolute atomic E-state index is 10.2. The molecule has 4 heteroatoms. The number of hydrogen-bond acceptors (Lipinski definition) is 4. The van der Waals surface area contributed by atoms with Gasteiger partial charge in [-0.1, -0.05) is 25.3 Å². The molecule has 1 saturated carbocycles. The molecule has 1 heterocycles. The summed E-state index contributed by atoms with van der Waals surface area (Å²) < 4.78 is 10.6. The van der Waals surface area contributed by atoms with E-state index in [1.54, 1.807) is 0 Å². The Balaban J connectivity index is 1.47. The van der Waals surface area contributed by atoms with E-state index < -0.39 is 6.10 Å². The monoisotopic (exact) mass is 277 g/mol. The van der Waals surface area contributed by atoms with Crippen molar-refractivity contribution in [3.05, 3.63) is 23.8 Å². The first-order valence-corrected chi connectivity index (χ1v) is 7.61. The lowest BCUT2D eigenvalue weighted by Crippen LogP contribution is -2.28. The highest BCUT2D eigenvalue weighted by atomic mass is 16.7. The predicted octanol–water partition coefficient (Wildman–Crippen LogP) is 2.62. The molecule has 0 radical (unpaired) electrons. The zero-order valence-electron chi connectivity index (χ0n) is 11.8. The van der Waals surface area contributed by atoms with E-state index in [9.17, 15) is 5.11 Å². The fourth-order valence-corrected chi connectivity index (χ4v) is 3.05. The summed E-state index contributed by atoms with van der Waals surface area (Å²) in [6.45, 7) is 1.88. The molecule has 20 heavy (non-hydrogen) atoms. The van der Waals surface area contributed by atoms with Gasteiger partial charge in [-0.2, -0.15) is 0 Å². The Morgan fingerprint density at radius 3 is 2.80 bits per heavy atom. The van der Waals surface area contributed by atoms with E-state index in [0.717, 1.165) is 29.5 Å². The smallest absolute Gasteiger partial charge is 0.231 e. The molecular formula is C16H23NO3.